The molecule has 3 aromatic rings. The standard InChI is InChI=1S/C6H7ClN2.C6H3ClN2.C5H4ClNO.ClH/c2*7-6-3-1-2-5(4-8)9-6;6-5-3-1-2-4-7(5)8;/h1-3H,4,8H2;1-3H;1-4H;1H. The van der Waals surface area contributed by atoms with Crippen LogP contribution in [-0.4, -0.2) is 9.97 Å². The molecule has 0 fully saturated rings. The third-order valence-electron chi connectivity index (χ3n) is 2.59. The highest BCUT2D eigenvalue weighted by Crippen LogP contribution is 2.04. The molecule has 3 heterocycles. The van der Waals surface area contributed by atoms with Crippen LogP contribution in [0.15, 0.2) is 60.8 Å². The van der Waals surface area contributed by atoms with Gasteiger partial charge in [-0.3, -0.25) is 0 Å². The first kappa shape index (κ1) is 24.9. The van der Waals surface area contributed by atoms with E-state index in [0.29, 0.717) is 27.3 Å². The van der Waals surface area contributed by atoms with Gasteiger partial charge >= 0.3 is 0 Å². The quantitative estimate of drug-likeness (QED) is 0.342. The van der Waals surface area contributed by atoms with Gasteiger partial charge in [0.1, 0.15) is 22.1 Å². The minimum Gasteiger partial charge on any atom is -0.618 e. The van der Waals surface area contributed by atoms with Crippen molar-refractivity contribution in [1.82, 2.24) is 9.97 Å². The molecule has 0 aliphatic heterocycles. The molecule has 0 radical (unpaired) electrons. The second kappa shape index (κ2) is 14.0. The summed E-state index contributed by atoms with van der Waals surface area (Å²) in [5, 5.41) is 19.7. The summed E-state index contributed by atoms with van der Waals surface area (Å²) in [5.74, 6) is 0. The van der Waals surface area contributed by atoms with Crippen LogP contribution in [0.1, 0.15) is 11.4 Å². The Morgan fingerprint density at radius 3 is 1.96 bits per heavy atom. The number of nitrogens with zero attached hydrogens (tertiary/aromatic N) is 4. The van der Waals surface area contributed by atoms with Crippen LogP contribution in [0.2, 0.25) is 15.5 Å². The van der Waals surface area contributed by atoms with Crippen molar-refractivity contribution in [2.24, 2.45) is 5.73 Å². The second-order valence-corrected chi connectivity index (χ2v) is 5.62. The summed E-state index contributed by atoms with van der Waals surface area (Å²) in [6.45, 7) is 0.445. The van der Waals surface area contributed by atoms with E-state index in [1.165, 1.54) is 12.3 Å². The number of rotatable bonds is 1. The van der Waals surface area contributed by atoms with Gasteiger partial charge in [0.05, 0.1) is 5.69 Å². The molecular formula is C17H15Cl4N5O. The van der Waals surface area contributed by atoms with Gasteiger partial charge in [0.2, 0.25) is 0 Å². The molecule has 0 aliphatic rings. The minimum atomic E-state index is 0. The lowest BCUT2D eigenvalue weighted by Gasteiger charge is -1.93. The largest absolute Gasteiger partial charge is 0.618 e. The van der Waals surface area contributed by atoms with E-state index in [9.17, 15) is 5.21 Å². The predicted octanol–water partition coefficient (Wildman–Crippen LogP) is 4.20. The number of halogens is 4. The van der Waals surface area contributed by atoms with Crippen molar-refractivity contribution in [2.75, 3.05) is 0 Å². The molecule has 0 saturated heterocycles. The molecule has 142 valence electrons. The van der Waals surface area contributed by atoms with E-state index in [1.807, 2.05) is 18.2 Å². The van der Waals surface area contributed by atoms with Crippen LogP contribution in [0, 0.1) is 16.5 Å². The highest BCUT2D eigenvalue weighted by Gasteiger charge is 1.93. The molecule has 10 heteroatoms. The third-order valence-corrected chi connectivity index (χ3v) is 3.30. The maximum Gasteiger partial charge on any atom is 0.286 e. The Labute approximate surface area is 178 Å². The lowest BCUT2D eigenvalue weighted by atomic mass is 10.4. The fraction of sp³-hybridized carbons (Fsp3) is 0.0588. The molecular weight excluding hydrogens is 432 g/mol. The zero-order valence-electron chi connectivity index (χ0n) is 13.8. The molecule has 3 rings (SSSR count). The van der Waals surface area contributed by atoms with Crippen LogP contribution in [0.25, 0.3) is 0 Å². The van der Waals surface area contributed by atoms with Crippen molar-refractivity contribution in [3.05, 3.63) is 92.8 Å². The fourth-order valence-corrected chi connectivity index (χ4v) is 1.92. The van der Waals surface area contributed by atoms with Crippen LogP contribution >= 0.6 is 47.2 Å². The Hall–Kier alpha value is -2.14. The summed E-state index contributed by atoms with van der Waals surface area (Å²) < 4.78 is 0.599. The fourth-order valence-electron chi connectivity index (χ4n) is 1.44. The lowest BCUT2D eigenvalue weighted by Crippen LogP contribution is -2.25. The summed E-state index contributed by atoms with van der Waals surface area (Å²) in [6.07, 6.45) is 1.35. The highest BCUT2D eigenvalue weighted by atomic mass is 35.5. The average Bonchev–Trinajstić information content (AvgIpc) is 2.65. The zero-order valence-corrected chi connectivity index (χ0v) is 16.9. The van der Waals surface area contributed by atoms with Gasteiger partial charge in [-0.1, -0.05) is 35.3 Å². The number of hydrogen-bond acceptors (Lipinski definition) is 5. The summed E-state index contributed by atoms with van der Waals surface area (Å²) in [4.78, 5) is 7.63. The summed E-state index contributed by atoms with van der Waals surface area (Å²) in [7, 11) is 0. The third kappa shape index (κ3) is 10.6. The Bertz CT molecular complexity index is 853. The van der Waals surface area contributed by atoms with Gasteiger partial charge in [-0.2, -0.15) is 9.99 Å². The van der Waals surface area contributed by atoms with Crippen molar-refractivity contribution in [3.8, 4) is 6.07 Å². The topological polar surface area (TPSA) is 103 Å². The first-order chi connectivity index (χ1) is 12.5. The van der Waals surface area contributed by atoms with Crippen LogP contribution in [-0.2, 0) is 6.54 Å². The Balaban J connectivity index is 0.000000369. The van der Waals surface area contributed by atoms with Gasteiger partial charge in [-0.05, 0) is 41.9 Å². The normalized spacial score (nSPS) is 8.70. The van der Waals surface area contributed by atoms with Crippen LogP contribution in [0.5, 0.6) is 0 Å². The number of aromatic nitrogens is 3. The van der Waals surface area contributed by atoms with E-state index in [2.05, 4.69) is 9.97 Å². The molecule has 27 heavy (non-hydrogen) atoms. The SMILES string of the molecule is Cl.N#Cc1cccc(Cl)n1.NCc1cccc(Cl)n1.[O-][n+]1ccccc1Cl. The van der Waals surface area contributed by atoms with Crippen molar-refractivity contribution in [1.29, 1.82) is 5.26 Å². The molecule has 0 aromatic carbocycles. The van der Waals surface area contributed by atoms with Gasteiger partial charge < -0.3 is 10.9 Å². The molecule has 3 aromatic heterocycles. The van der Waals surface area contributed by atoms with Crippen molar-refractivity contribution in [3.63, 3.8) is 0 Å². The van der Waals surface area contributed by atoms with Crippen molar-refractivity contribution < 1.29 is 4.73 Å². The van der Waals surface area contributed by atoms with E-state index in [-0.39, 0.29) is 17.6 Å². The predicted molar refractivity (Wildman–Crippen MR) is 109 cm³/mol. The van der Waals surface area contributed by atoms with Gasteiger partial charge in [-0.15, -0.1) is 12.4 Å². The number of hydrogen-bond donors (Lipinski definition) is 1. The summed E-state index contributed by atoms with van der Waals surface area (Å²) in [6, 6.07) is 17.0. The maximum absolute atomic E-state index is 10.4. The highest BCUT2D eigenvalue weighted by molar-refractivity contribution is 6.29. The molecule has 0 saturated carbocycles. The van der Waals surface area contributed by atoms with Gasteiger partial charge in [0.25, 0.3) is 5.15 Å². The first-order valence-electron chi connectivity index (χ1n) is 7.14. The molecule has 0 aliphatic carbocycles. The number of pyridine rings is 3. The molecule has 0 atom stereocenters. The van der Waals surface area contributed by atoms with Crippen LogP contribution in [0.4, 0.5) is 0 Å². The molecule has 2 N–H and O–H groups in total. The number of nitriles is 1. The van der Waals surface area contributed by atoms with Crippen LogP contribution in [0.3, 0.4) is 0 Å². The van der Waals surface area contributed by atoms with E-state index in [4.69, 9.17) is 45.8 Å². The van der Waals surface area contributed by atoms with E-state index in [1.54, 1.807) is 36.4 Å². The smallest absolute Gasteiger partial charge is 0.286 e. The zero-order chi connectivity index (χ0) is 19.4. The second-order valence-electron chi connectivity index (χ2n) is 4.46. The van der Waals surface area contributed by atoms with Gasteiger partial charge in [0, 0.05) is 18.7 Å². The molecule has 0 amide bonds. The molecule has 6 nitrogen and oxygen atoms in total. The van der Waals surface area contributed by atoms with Crippen LogP contribution < -0.4 is 10.5 Å². The summed E-state index contributed by atoms with van der Waals surface area (Å²) >= 11 is 16.4. The van der Waals surface area contributed by atoms with E-state index in [0.717, 1.165) is 5.69 Å². The summed E-state index contributed by atoms with van der Waals surface area (Å²) in [5.41, 5.74) is 6.47. The maximum atomic E-state index is 10.4. The monoisotopic (exact) mass is 445 g/mol. The number of nitrogens with two attached hydrogens (primary N) is 1. The van der Waals surface area contributed by atoms with Crippen molar-refractivity contribution >= 4 is 47.2 Å². The molecule has 0 unspecified atom stereocenters. The Morgan fingerprint density at radius 1 is 0.963 bits per heavy atom. The van der Waals surface area contributed by atoms with E-state index >= 15 is 0 Å². The Kier molecular flexibility index (Phi) is 12.9. The lowest BCUT2D eigenvalue weighted by molar-refractivity contribution is -0.603. The molecule has 0 spiro atoms. The molecule has 0 bridgehead atoms. The first-order valence-corrected chi connectivity index (χ1v) is 8.27. The Morgan fingerprint density at radius 2 is 1.59 bits per heavy atom. The minimum absolute atomic E-state index is 0. The van der Waals surface area contributed by atoms with E-state index < -0.39 is 0 Å². The van der Waals surface area contributed by atoms with Gasteiger partial charge in [-0.25, -0.2) is 9.97 Å². The average molecular weight is 447 g/mol. The van der Waals surface area contributed by atoms with Crippen molar-refractivity contribution in [2.45, 2.75) is 6.54 Å². The van der Waals surface area contributed by atoms with Gasteiger partial charge in [0.15, 0.2) is 6.20 Å².